The Balaban J connectivity index is 1.63. The summed E-state index contributed by atoms with van der Waals surface area (Å²) in [4.78, 5) is 25.1. The van der Waals surface area contributed by atoms with Gasteiger partial charge >= 0.3 is 5.97 Å². The van der Waals surface area contributed by atoms with Crippen LogP contribution in [0.5, 0.6) is 11.5 Å². The molecule has 1 aromatic heterocycles. The number of carboxylic acids is 1. The lowest BCUT2D eigenvalue weighted by atomic mass is 10.0. The van der Waals surface area contributed by atoms with Gasteiger partial charge in [-0.1, -0.05) is 49.2 Å². The lowest BCUT2D eigenvalue weighted by Gasteiger charge is -2.18. The van der Waals surface area contributed by atoms with Crippen LogP contribution in [0.3, 0.4) is 0 Å². The van der Waals surface area contributed by atoms with Crippen molar-refractivity contribution in [1.82, 2.24) is 15.1 Å². The number of carbonyl (C=O) groups is 2. The van der Waals surface area contributed by atoms with E-state index in [2.05, 4.69) is 10.4 Å². The minimum Gasteiger partial charge on any atom is -0.496 e. The molecule has 0 aliphatic heterocycles. The molecule has 0 bridgehead atoms. The summed E-state index contributed by atoms with van der Waals surface area (Å²) < 4.78 is 13.1. The summed E-state index contributed by atoms with van der Waals surface area (Å²) >= 11 is 0. The van der Waals surface area contributed by atoms with E-state index < -0.39 is 17.9 Å². The number of ether oxygens (including phenoxy) is 2. The fraction of sp³-hybridized carbons (Fsp3) is 0.370. The van der Waals surface area contributed by atoms with Gasteiger partial charge in [-0.2, -0.15) is 5.10 Å². The summed E-state index contributed by atoms with van der Waals surface area (Å²) in [6.45, 7) is 0. The predicted molar refractivity (Wildman–Crippen MR) is 132 cm³/mol. The molecule has 2 N–H and O–H groups in total. The molecule has 4 rings (SSSR count). The maximum atomic E-state index is 13.2. The van der Waals surface area contributed by atoms with Gasteiger partial charge in [-0.25, -0.2) is 4.79 Å². The van der Waals surface area contributed by atoms with Crippen molar-refractivity contribution in [2.24, 2.45) is 0 Å². The SMILES string of the molecule is COc1cccc(OC)c1-c1cc(C(=O)N[C@@H](CCc2ccccc2)C(=O)O)nn1C1CCCC1. The number of carboxylic acid groups (broad SMARTS) is 1. The molecule has 35 heavy (non-hydrogen) atoms. The molecule has 2 aromatic carbocycles. The Bertz CT molecular complexity index is 1150. The summed E-state index contributed by atoms with van der Waals surface area (Å²) in [6.07, 6.45) is 4.92. The van der Waals surface area contributed by atoms with Crippen LogP contribution >= 0.6 is 0 Å². The Kier molecular flexibility index (Phi) is 7.70. The molecule has 8 nitrogen and oxygen atoms in total. The van der Waals surface area contributed by atoms with E-state index in [9.17, 15) is 14.7 Å². The zero-order valence-electron chi connectivity index (χ0n) is 20.1. The third-order valence-electron chi connectivity index (χ3n) is 6.49. The number of hydrogen-bond acceptors (Lipinski definition) is 5. The maximum absolute atomic E-state index is 13.2. The highest BCUT2D eigenvalue weighted by molar-refractivity contribution is 5.96. The smallest absolute Gasteiger partial charge is 0.326 e. The highest BCUT2D eigenvalue weighted by Crippen LogP contribution is 2.41. The molecule has 0 saturated heterocycles. The van der Waals surface area contributed by atoms with Crippen LogP contribution in [0, 0.1) is 0 Å². The predicted octanol–water partition coefficient (Wildman–Crippen LogP) is 4.50. The number of aliphatic carboxylic acids is 1. The molecule has 0 unspecified atom stereocenters. The second kappa shape index (κ2) is 11.1. The first kappa shape index (κ1) is 24.3. The van der Waals surface area contributed by atoms with Crippen molar-refractivity contribution in [1.29, 1.82) is 0 Å². The number of carbonyl (C=O) groups excluding carboxylic acids is 1. The number of aryl methyl sites for hydroxylation is 1. The van der Waals surface area contributed by atoms with Crippen LogP contribution < -0.4 is 14.8 Å². The van der Waals surface area contributed by atoms with Crippen molar-refractivity contribution in [3.05, 3.63) is 65.9 Å². The van der Waals surface area contributed by atoms with Crippen LogP contribution in [0.15, 0.2) is 54.6 Å². The molecule has 184 valence electrons. The Hall–Kier alpha value is -3.81. The molecular weight excluding hydrogens is 446 g/mol. The average molecular weight is 478 g/mol. The van der Waals surface area contributed by atoms with E-state index in [1.807, 2.05) is 53.2 Å². The molecule has 1 heterocycles. The first-order chi connectivity index (χ1) is 17.0. The van der Waals surface area contributed by atoms with Gasteiger partial charge in [-0.05, 0) is 49.4 Å². The number of aromatic nitrogens is 2. The minimum atomic E-state index is -1.07. The van der Waals surface area contributed by atoms with Crippen LogP contribution in [0.2, 0.25) is 0 Å². The molecule has 1 atom stereocenters. The van der Waals surface area contributed by atoms with Gasteiger partial charge in [0.25, 0.3) is 5.91 Å². The van der Waals surface area contributed by atoms with Gasteiger partial charge in [-0.15, -0.1) is 0 Å². The first-order valence-electron chi connectivity index (χ1n) is 11.9. The fourth-order valence-electron chi connectivity index (χ4n) is 4.67. The largest absolute Gasteiger partial charge is 0.496 e. The van der Waals surface area contributed by atoms with Gasteiger partial charge in [0.05, 0.1) is 31.5 Å². The zero-order chi connectivity index (χ0) is 24.8. The van der Waals surface area contributed by atoms with Crippen molar-refractivity contribution in [2.45, 2.75) is 50.6 Å². The second-order valence-corrected chi connectivity index (χ2v) is 8.72. The van der Waals surface area contributed by atoms with Crippen LogP contribution in [0.25, 0.3) is 11.3 Å². The maximum Gasteiger partial charge on any atom is 0.326 e. The van der Waals surface area contributed by atoms with Crippen LogP contribution in [-0.2, 0) is 11.2 Å². The van der Waals surface area contributed by atoms with Crippen LogP contribution in [0.4, 0.5) is 0 Å². The Morgan fingerprint density at radius 1 is 1.06 bits per heavy atom. The van der Waals surface area contributed by atoms with Gasteiger partial charge in [0.1, 0.15) is 17.5 Å². The molecule has 0 spiro atoms. The number of hydrogen-bond donors (Lipinski definition) is 2. The van der Waals surface area contributed by atoms with Crippen molar-refractivity contribution < 1.29 is 24.2 Å². The van der Waals surface area contributed by atoms with Crippen molar-refractivity contribution in [2.75, 3.05) is 14.2 Å². The van der Waals surface area contributed by atoms with Crippen molar-refractivity contribution >= 4 is 11.9 Å². The molecule has 1 aliphatic rings. The molecule has 8 heteroatoms. The lowest BCUT2D eigenvalue weighted by Crippen LogP contribution is -2.41. The highest BCUT2D eigenvalue weighted by atomic mass is 16.5. The summed E-state index contributed by atoms with van der Waals surface area (Å²) in [6, 6.07) is 16.0. The number of methoxy groups -OCH3 is 2. The average Bonchev–Trinajstić information content (AvgIpc) is 3.56. The zero-order valence-corrected chi connectivity index (χ0v) is 20.1. The van der Waals surface area contributed by atoms with Crippen LogP contribution in [0.1, 0.15) is 54.2 Å². The van der Waals surface area contributed by atoms with Gasteiger partial charge in [-0.3, -0.25) is 9.48 Å². The monoisotopic (exact) mass is 477 g/mol. The van der Waals surface area contributed by atoms with Crippen molar-refractivity contribution in [3.8, 4) is 22.8 Å². The van der Waals surface area contributed by atoms with E-state index in [0.29, 0.717) is 23.6 Å². The van der Waals surface area contributed by atoms with Crippen LogP contribution in [-0.4, -0.2) is 47.0 Å². The Morgan fingerprint density at radius 2 is 1.71 bits per heavy atom. The molecule has 1 saturated carbocycles. The van der Waals surface area contributed by atoms with Gasteiger partial charge in [0, 0.05) is 0 Å². The van der Waals surface area contributed by atoms with E-state index >= 15 is 0 Å². The molecule has 1 aliphatic carbocycles. The Morgan fingerprint density at radius 3 is 2.31 bits per heavy atom. The number of amides is 1. The summed E-state index contributed by atoms with van der Waals surface area (Å²) in [5.41, 5.74) is 2.62. The van der Waals surface area contributed by atoms with E-state index in [1.165, 1.54) is 0 Å². The van der Waals surface area contributed by atoms with E-state index in [0.717, 1.165) is 36.8 Å². The van der Waals surface area contributed by atoms with Gasteiger partial charge in [0.2, 0.25) is 0 Å². The minimum absolute atomic E-state index is 0.148. The lowest BCUT2D eigenvalue weighted by molar-refractivity contribution is -0.139. The van der Waals surface area contributed by atoms with E-state index in [1.54, 1.807) is 20.3 Å². The molecular formula is C27H31N3O5. The fourth-order valence-corrected chi connectivity index (χ4v) is 4.67. The number of nitrogens with zero attached hydrogens (tertiary/aromatic N) is 2. The standard InChI is InChI=1S/C27H31N3O5/c1-34-23-13-8-14-24(35-2)25(23)22-17-21(29-30(22)19-11-6-7-12-19)26(31)28-20(27(32)33)16-15-18-9-4-3-5-10-18/h3-5,8-10,13-14,17,19-20H,6-7,11-12,15-16H2,1-2H3,(H,28,31)(H,32,33)/t20-/m0/s1. The van der Waals surface area contributed by atoms with Crippen molar-refractivity contribution in [3.63, 3.8) is 0 Å². The van der Waals surface area contributed by atoms with E-state index in [-0.39, 0.29) is 18.2 Å². The quantitative estimate of drug-likeness (QED) is 0.446. The summed E-state index contributed by atoms with van der Waals surface area (Å²) in [5.74, 6) is -0.364. The highest BCUT2D eigenvalue weighted by Gasteiger charge is 2.28. The second-order valence-electron chi connectivity index (χ2n) is 8.72. The summed E-state index contributed by atoms with van der Waals surface area (Å²) in [5, 5.41) is 17.0. The third-order valence-corrected chi connectivity index (χ3v) is 6.49. The number of nitrogens with one attached hydrogen (secondary N) is 1. The van der Waals surface area contributed by atoms with Gasteiger partial charge in [0.15, 0.2) is 5.69 Å². The molecule has 1 amide bonds. The first-order valence-corrected chi connectivity index (χ1v) is 11.9. The molecule has 3 aromatic rings. The number of rotatable bonds is 10. The van der Waals surface area contributed by atoms with Gasteiger partial charge < -0.3 is 19.9 Å². The normalized spacial score (nSPS) is 14.5. The third kappa shape index (κ3) is 5.48. The number of benzene rings is 2. The Labute approximate surface area is 204 Å². The molecule has 0 radical (unpaired) electrons. The molecule has 1 fully saturated rings. The topological polar surface area (TPSA) is 103 Å². The van der Waals surface area contributed by atoms with E-state index in [4.69, 9.17) is 9.47 Å². The summed E-state index contributed by atoms with van der Waals surface area (Å²) in [7, 11) is 3.18.